The average molecular weight is 427 g/mol. The molecule has 0 aliphatic heterocycles. The lowest BCUT2D eigenvalue weighted by Gasteiger charge is -2.13. The molecule has 0 radical (unpaired) electrons. The zero-order valence-corrected chi connectivity index (χ0v) is 19.7. The minimum atomic E-state index is 0.954. The largest absolute Gasteiger partial charge is 0.205 e. The lowest BCUT2D eigenvalue weighted by Crippen LogP contribution is -2.40. The van der Waals surface area contributed by atoms with Gasteiger partial charge in [-0.2, -0.15) is 0 Å². The summed E-state index contributed by atoms with van der Waals surface area (Å²) in [7, 11) is 0. The second-order valence-electron chi connectivity index (χ2n) is 9.34. The molecule has 0 saturated carbocycles. The fourth-order valence-corrected chi connectivity index (χ4v) is 5.06. The van der Waals surface area contributed by atoms with Gasteiger partial charge in [-0.05, 0) is 81.3 Å². The number of rotatable bonds is 8. The Morgan fingerprint density at radius 2 is 1.34 bits per heavy atom. The molecule has 0 bridgehead atoms. The van der Waals surface area contributed by atoms with Crippen molar-refractivity contribution in [2.75, 3.05) is 0 Å². The molecule has 0 atom stereocenters. The molecule has 2 heterocycles. The van der Waals surface area contributed by atoms with Crippen LogP contribution in [0.5, 0.6) is 0 Å². The van der Waals surface area contributed by atoms with E-state index in [2.05, 4.69) is 69.6 Å². The van der Waals surface area contributed by atoms with E-state index in [1.807, 2.05) is 0 Å². The molecule has 32 heavy (non-hydrogen) atoms. The zero-order chi connectivity index (χ0) is 21.8. The van der Waals surface area contributed by atoms with E-state index in [9.17, 15) is 0 Å². The normalized spacial score (nSPS) is 14.4. The molecule has 2 aromatic heterocycles. The zero-order valence-electron chi connectivity index (χ0n) is 19.7. The number of hydrogen-bond donors (Lipinski definition) is 0. The molecule has 0 spiro atoms. The van der Waals surface area contributed by atoms with E-state index in [0.29, 0.717) is 0 Å². The molecular formula is C30H38N2+2. The van der Waals surface area contributed by atoms with Crippen molar-refractivity contribution in [2.24, 2.45) is 0 Å². The maximum absolute atomic E-state index is 3.24. The summed E-state index contributed by atoms with van der Waals surface area (Å²) in [6.07, 6.45) is 23.9. The van der Waals surface area contributed by atoms with Crippen molar-refractivity contribution in [1.82, 2.24) is 0 Å². The van der Waals surface area contributed by atoms with Gasteiger partial charge in [0.1, 0.15) is 13.1 Å². The van der Waals surface area contributed by atoms with Gasteiger partial charge < -0.3 is 0 Å². The highest BCUT2D eigenvalue weighted by molar-refractivity contribution is 5.25. The first-order valence-corrected chi connectivity index (χ1v) is 12.9. The lowest BCUT2D eigenvalue weighted by atomic mass is 9.93. The highest BCUT2D eigenvalue weighted by Gasteiger charge is 2.18. The quantitative estimate of drug-likeness (QED) is 0.316. The van der Waals surface area contributed by atoms with E-state index in [0.717, 1.165) is 38.8 Å². The number of unbranched alkanes of at least 4 members (excludes halogenated alkanes) is 4. The molecule has 2 heteroatoms. The molecule has 166 valence electrons. The topological polar surface area (TPSA) is 7.76 Å². The highest BCUT2D eigenvalue weighted by atomic mass is 15.0. The van der Waals surface area contributed by atoms with Gasteiger partial charge in [0.25, 0.3) is 0 Å². The van der Waals surface area contributed by atoms with Crippen LogP contribution >= 0.6 is 0 Å². The third-order valence-corrected chi connectivity index (χ3v) is 6.89. The molecule has 0 unspecified atom stereocenters. The van der Waals surface area contributed by atoms with Crippen molar-refractivity contribution in [3.8, 4) is 23.7 Å². The van der Waals surface area contributed by atoms with E-state index < -0.39 is 0 Å². The first-order chi connectivity index (χ1) is 15.9. The van der Waals surface area contributed by atoms with Crippen molar-refractivity contribution in [2.45, 2.75) is 103 Å². The predicted molar refractivity (Wildman–Crippen MR) is 130 cm³/mol. The van der Waals surface area contributed by atoms with E-state index >= 15 is 0 Å². The number of fused-ring (bicyclic) bond motifs is 2. The summed E-state index contributed by atoms with van der Waals surface area (Å²) in [6, 6.07) is 6.85. The van der Waals surface area contributed by atoms with Gasteiger partial charge in [0.05, 0.1) is 0 Å². The van der Waals surface area contributed by atoms with Crippen LogP contribution in [-0.4, -0.2) is 0 Å². The van der Waals surface area contributed by atoms with Crippen LogP contribution in [0.25, 0.3) is 0 Å². The average Bonchev–Trinajstić information content (AvgIpc) is 2.84. The first kappa shape index (κ1) is 22.6. The summed E-state index contributed by atoms with van der Waals surface area (Å²) in [4.78, 5) is 0. The van der Waals surface area contributed by atoms with Gasteiger partial charge in [-0.3, -0.25) is 0 Å². The van der Waals surface area contributed by atoms with Crippen LogP contribution < -0.4 is 9.13 Å². The molecule has 2 aliphatic carbocycles. The Morgan fingerprint density at radius 3 is 2.16 bits per heavy atom. The summed E-state index contributed by atoms with van der Waals surface area (Å²) in [5.74, 6) is 12.6. The molecule has 2 aromatic rings. The van der Waals surface area contributed by atoms with Crippen LogP contribution in [0.1, 0.15) is 86.6 Å². The Balaban J connectivity index is 1.07. The third-order valence-electron chi connectivity index (χ3n) is 6.89. The Morgan fingerprint density at radius 1 is 0.656 bits per heavy atom. The van der Waals surface area contributed by atoms with E-state index in [4.69, 9.17) is 0 Å². The molecule has 0 aromatic carbocycles. The Bertz CT molecular complexity index is 1010. The molecule has 0 saturated heterocycles. The minimum Gasteiger partial charge on any atom is -0.205 e. The molecule has 2 aliphatic rings. The predicted octanol–water partition coefficient (Wildman–Crippen LogP) is 5.07. The number of hydrogen-bond acceptors (Lipinski definition) is 0. The second-order valence-corrected chi connectivity index (χ2v) is 9.34. The van der Waals surface area contributed by atoms with E-state index in [1.165, 1.54) is 64.2 Å². The van der Waals surface area contributed by atoms with Crippen LogP contribution in [0.3, 0.4) is 0 Å². The number of aromatic nitrogens is 2. The van der Waals surface area contributed by atoms with Crippen molar-refractivity contribution in [1.29, 1.82) is 0 Å². The number of aryl methyl sites for hydroxylation is 5. The second kappa shape index (κ2) is 12.5. The standard InChI is InChI=1S/C30H38N2/c1(3-5-7-13-22-31-25-21-27-16-9-10-18-29(27)26-31)2-4-6-8-14-23-32-24-15-19-28-17-11-12-20-30(28)32/h15,19,21,24-26H,5-14,16-18,20,22-23H2/q+2. The van der Waals surface area contributed by atoms with Crippen LogP contribution in [0.15, 0.2) is 36.8 Å². The SMILES string of the molecule is C(C#CCCCC[n+]1cccc2c1CCCC2)#CCCCC[n+]1ccc2c(c1)CCCC2. The fraction of sp³-hybridized carbons (Fsp3) is 0.533. The van der Waals surface area contributed by atoms with Crippen LogP contribution in [0.2, 0.25) is 0 Å². The van der Waals surface area contributed by atoms with Crippen molar-refractivity contribution >= 4 is 0 Å². The van der Waals surface area contributed by atoms with Gasteiger partial charge in [0.2, 0.25) is 0 Å². The van der Waals surface area contributed by atoms with Crippen molar-refractivity contribution in [3.63, 3.8) is 0 Å². The van der Waals surface area contributed by atoms with Crippen LogP contribution in [0.4, 0.5) is 0 Å². The summed E-state index contributed by atoms with van der Waals surface area (Å²) >= 11 is 0. The molecular weight excluding hydrogens is 388 g/mol. The van der Waals surface area contributed by atoms with Gasteiger partial charge in [-0.25, -0.2) is 9.13 Å². The Labute approximate surface area is 195 Å². The van der Waals surface area contributed by atoms with Gasteiger partial charge in [-0.1, -0.05) is 11.8 Å². The molecule has 0 fully saturated rings. The Kier molecular flexibility index (Phi) is 8.80. The summed E-state index contributed by atoms with van der Waals surface area (Å²) in [6.45, 7) is 2.22. The van der Waals surface area contributed by atoms with Gasteiger partial charge in [-0.15, -0.1) is 0 Å². The lowest BCUT2D eigenvalue weighted by molar-refractivity contribution is -0.705. The summed E-state index contributed by atoms with van der Waals surface area (Å²) in [5, 5.41) is 0. The minimum absolute atomic E-state index is 0.954. The van der Waals surface area contributed by atoms with Crippen molar-refractivity contribution in [3.05, 3.63) is 59.2 Å². The molecule has 0 amide bonds. The van der Waals surface area contributed by atoms with Gasteiger partial charge >= 0.3 is 0 Å². The highest BCUT2D eigenvalue weighted by Crippen LogP contribution is 2.19. The smallest absolute Gasteiger partial charge is 0.184 e. The molecule has 2 nitrogen and oxygen atoms in total. The van der Waals surface area contributed by atoms with Crippen LogP contribution in [-0.2, 0) is 38.8 Å². The molecule has 0 N–H and O–H groups in total. The van der Waals surface area contributed by atoms with Crippen LogP contribution in [0, 0.1) is 23.7 Å². The fourth-order valence-electron chi connectivity index (χ4n) is 5.06. The van der Waals surface area contributed by atoms with Gasteiger partial charge in [0.15, 0.2) is 24.3 Å². The number of pyridine rings is 2. The van der Waals surface area contributed by atoms with E-state index in [1.54, 1.807) is 22.4 Å². The Hall–Kier alpha value is -2.58. The van der Waals surface area contributed by atoms with E-state index in [-0.39, 0.29) is 0 Å². The molecule has 4 rings (SSSR count). The van der Waals surface area contributed by atoms with Gasteiger partial charge in [0, 0.05) is 55.4 Å². The van der Waals surface area contributed by atoms with Crippen molar-refractivity contribution < 1.29 is 9.13 Å². The maximum atomic E-state index is 3.24. The third kappa shape index (κ3) is 6.71. The maximum Gasteiger partial charge on any atom is 0.184 e. The monoisotopic (exact) mass is 426 g/mol. The summed E-state index contributed by atoms with van der Waals surface area (Å²) < 4.78 is 4.84. The summed E-state index contributed by atoms with van der Waals surface area (Å²) in [5.41, 5.74) is 6.26. The first-order valence-electron chi connectivity index (χ1n) is 12.9. The number of nitrogens with zero attached hydrogens (tertiary/aromatic N) is 2.